The number of rotatable bonds is 2. The fourth-order valence-electron chi connectivity index (χ4n) is 2.89. The predicted molar refractivity (Wildman–Crippen MR) is 53.6 cm³/mol. The molecule has 0 amide bonds. The van der Waals surface area contributed by atoms with Gasteiger partial charge < -0.3 is 5.32 Å². The molecule has 1 saturated carbocycles. The topological polar surface area (TPSA) is 12.0 Å². The van der Waals surface area contributed by atoms with E-state index in [0.717, 1.165) is 5.92 Å². The second-order valence-corrected chi connectivity index (χ2v) is 4.60. The average molecular weight is 173 g/mol. The molecular formula is C12H15N. The smallest absolute Gasteiger partial charge is 0.0228 e. The van der Waals surface area contributed by atoms with Gasteiger partial charge >= 0.3 is 0 Å². The van der Waals surface area contributed by atoms with Gasteiger partial charge in [0.2, 0.25) is 0 Å². The minimum atomic E-state index is 0.492. The summed E-state index contributed by atoms with van der Waals surface area (Å²) in [7, 11) is 0. The second-order valence-electron chi connectivity index (χ2n) is 4.60. The van der Waals surface area contributed by atoms with Gasteiger partial charge in [-0.05, 0) is 37.3 Å². The number of nitrogens with one attached hydrogen (secondary N) is 1. The maximum atomic E-state index is 3.66. The van der Waals surface area contributed by atoms with Crippen molar-refractivity contribution in [1.82, 2.24) is 5.32 Å². The highest BCUT2D eigenvalue weighted by Gasteiger charge is 2.49. The van der Waals surface area contributed by atoms with Crippen molar-refractivity contribution in [3.63, 3.8) is 0 Å². The van der Waals surface area contributed by atoms with Crippen LogP contribution in [0.15, 0.2) is 30.3 Å². The molecule has 3 aliphatic rings. The van der Waals surface area contributed by atoms with E-state index in [1.807, 2.05) is 0 Å². The van der Waals surface area contributed by atoms with E-state index in [9.17, 15) is 0 Å². The fourth-order valence-corrected chi connectivity index (χ4v) is 2.89. The monoisotopic (exact) mass is 173 g/mol. The van der Waals surface area contributed by atoms with E-state index in [2.05, 4.69) is 35.6 Å². The number of benzene rings is 1. The molecule has 1 heteroatoms. The normalized spacial score (nSPS) is 35.8. The van der Waals surface area contributed by atoms with E-state index in [0.29, 0.717) is 5.54 Å². The Morgan fingerprint density at radius 2 is 2.00 bits per heavy atom. The van der Waals surface area contributed by atoms with Crippen LogP contribution in [0.4, 0.5) is 0 Å². The standard InChI is InChI=1S/C12H15N/c1-2-4-10(5-3-1)6-12-7-11(8-12)9-13-12/h1-5,11,13H,6-9H2. The van der Waals surface area contributed by atoms with Gasteiger partial charge in [-0.1, -0.05) is 30.3 Å². The zero-order valence-electron chi connectivity index (χ0n) is 7.79. The van der Waals surface area contributed by atoms with Crippen LogP contribution in [0.25, 0.3) is 0 Å². The molecule has 0 atom stereocenters. The Labute approximate surface area is 79.2 Å². The van der Waals surface area contributed by atoms with E-state index in [-0.39, 0.29) is 0 Å². The quantitative estimate of drug-likeness (QED) is 0.721. The molecule has 1 aliphatic carbocycles. The summed E-state index contributed by atoms with van der Waals surface area (Å²) in [6, 6.07) is 10.8. The largest absolute Gasteiger partial charge is 0.311 e. The highest BCUT2D eigenvalue weighted by molar-refractivity contribution is 5.22. The number of fused-ring (bicyclic) bond motifs is 1. The molecule has 1 nitrogen and oxygen atoms in total. The van der Waals surface area contributed by atoms with E-state index >= 15 is 0 Å². The van der Waals surface area contributed by atoms with Crippen LogP contribution in [0.3, 0.4) is 0 Å². The molecule has 4 rings (SSSR count). The van der Waals surface area contributed by atoms with Gasteiger partial charge in [0.1, 0.15) is 0 Å². The van der Waals surface area contributed by atoms with Gasteiger partial charge in [0.05, 0.1) is 0 Å². The highest BCUT2D eigenvalue weighted by atomic mass is 15.1. The van der Waals surface area contributed by atoms with Crippen LogP contribution in [-0.2, 0) is 6.42 Å². The van der Waals surface area contributed by atoms with Crippen LogP contribution in [0.5, 0.6) is 0 Å². The lowest BCUT2D eigenvalue weighted by atomic mass is 9.70. The third-order valence-electron chi connectivity index (χ3n) is 3.51. The van der Waals surface area contributed by atoms with E-state index in [4.69, 9.17) is 0 Å². The van der Waals surface area contributed by atoms with Crippen molar-refractivity contribution in [1.29, 1.82) is 0 Å². The SMILES string of the molecule is c1ccc(CC23CC(CN2)C3)cc1. The Bertz CT molecular complexity index is 293. The number of hydrogen-bond acceptors (Lipinski definition) is 1. The van der Waals surface area contributed by atoms with Crippen LogP contribution in [-0.4, -0.2) is 12.1 Å². The lowest BCUT2D eigenvalue weighted by molar-refractivity contribution is 0.225. The molecule has 0 radical (unpaired) electrons. The highest BCUT2D eigenvalue weighted by Crippen LogP contribution is 2.45. The molecule has 2 saturated heterocycles. The predicted octanol–water partition coefficient (Wildman–Crippen LogP) is 1.98. The summed E-state index contributed by atoms with van der Waals surface area (Å²) in [5.41, 5.74) is 1.97. The first kappa shape index (κ1) is 7.57. The molecular weight excluding hydrogens is 158 g/mol. The third kappa shape index (κ3) is 1.19. The Balaban J connectivity index is 1.76. The van der Waals surface area contributed by atoms with Crippen LogP contribution < -0.4 is 5.32 Å². The molecule has 13 heavy (non-hydrogen) atoms. The maximum Gasteiger partial charge on any atom is 0.0228 e. The lowest BCUT2D eigenvalue weighted by Gasteiger charge is -2.37. The van der Waals surface area contributed by atoms with Crippen molar-refractivity contribution in [2.24, 2.45) is 5.92 Å². The molecule has 1 aromatic rings. The Morgan fingerprint density at radius 1 is 1.23 bits per heavy atom. The molecule has 0 aromatic heterocycles. The van der Waals surface area contributed by atoms with Gasteiger partial charge in [-0.3, -0.25) is 0 Å². The van der Waals surface area contributed by atoms with E-state index < -0.39 is 0 Å². The first-order valence-corrected chi connectivity index (χ1v) is 5.15. The summed E-state index contributed by atoms with van der Waals surface area (Å²) in [4.78, 5) is 0. The summed E-state index contributed by atoms with van der Waals surface area (Å²) in [5.74, 6) is 0.990. The van der Waals surface area contributed by atoms with Crippen molar-refractivity contribution < 1.29 is 0 Å². The summed E-state index contributed by atoms with van der Waals surface area (Å²) >= 11 is 0. The molecule has 0 spiro atoms. The Hall–Kier alpha value is -0.820. The molecule has 68 valence electrons. The second kappa shape index (κ2) is 2.58. The lowest BCUT2D eigenvalue weighted by Crippen LogP contribution is -2.45. The van der Waals surface area contributed by atoms with Gasteiger partial charge in [-0.25, -0.2) is 0 Å². The average Bonchev–Trinajstić information content (AvgIpc) is 2.65. The van der Waals surface area contributed by atoms with Gasteiger partial charge in [0.15, 0.2) is 0 Å². The Kier molecular flexibility index (Phi) is 1.50. The minimum Gasteiger partial charge on any atom is -0.311 e. The van der Waals surface area contributed by atoms with E-state index in [1.54, 1.807) is 0 Å². The summed E-state index contributed by atoms with van der Waals surface area (Å²) in [6.45, 7) is 1.26. The van der Waals surface area contributed by atoms with Crippen LogP contribution >= 0.6 is 0 Å². The van der Waals surface area contributed by atoms with E-state index in [1.165, 1.54) is 31.4 Å². The van der Waals surface area contributed by atoms with Gasteiger partial charge in [-0.15, -0.1) is 0 Å². The summed E-state index contributed by atoms with van der Waals surface area (Å²) in [5, 5.41) is 3.66. The van der Waals surface area contributed by atoms with Crippen molar-refractivity contribution in [3.8, 4) is 0 Å². The minimum absolute atomic E-state index is 0.492. The summed E-state index contributed by atoms with van der Waals surface area (Å²) in [6.07, 6.45) is 4.04. The summed E-state index contributed by atoms with van der Waals surface area (Å²) < 4.78 is 0. The van der Waals surface area contributed by atoms with Gasteiger partial charge in [-0.2, -0.15) is 0 Å². The molecule has 0 unspecified atom stereocenters. The van der Waals surface area contributed by atoms with Crippen LogP contribution in [0.2, 0.25) is 0 Å². The molecule has 1 N–H and O–H groups in total. The van der Waals surface area contributed by atoms with Gasteiger partial charge in [0.25, 0.3) is 0 Å². The van der Waals surface area contributed by atoms with Crippen molar-refractivity contribution >= 4 is 0 Å². The van der Waals surface area contributed by atoms with Crippen LogP contribution in [0.1, 0.15) is 18.4 Å². The number of hydrogen-bond donors (Lipinski definition) is 1. The van der Waals surface area contributed by atoms with Crippen molar-refractivity contribution in [3.05, 3.63) is 35.9 Å². The first-order chi connectivity index (χ1) is 6.36. The first-order valence-electron chi connectivity index (χ1n) is 5.15. The molecule has 2 heterocycles. The molecule has 3 fully saturated rings. The zero-order chi connectivity index (χ0) is 8.73. The molecule has 2 bridgehead atoms. The Morgan fingerprint density at radius 3 is 2.62 bits per heavy atom. The van der Waals surface area contributed by atoms with Crippen molar-refractivity contribution in [2.45, 2.75) is 24.8 Å². The van der Waals surface area contributed by atoms with Gasteiger partial charge in [0, 0.05) is 5.54 Å². The fraction of sp³-hybridized carbons (Fsp3) is 0.500. The van der Waals surface area contributed by atoms with Crippen molar-refractivity contribution in [2.75, 3.05) is 6.54 Å². The molecule has 1 aromatic carbocycles. The maximum absolute atomic E-state index is 3.66. The zero-order valence-corrected chi connectivity index (χ0v) is 7.79. The van der Waals surface area contributed by atoms with Crippen LogP contribution in [0, 0.1) is 5.92 Å². The molecule has 2 aliphatic heterocycles. The third-order valence-corrected chi connectivity index (χ3v) is 3.51.